The summed E-state index contributed by atoms with van der Waals surface area (Å²) in [5.74, 6) is -3.72. The number of nitrogens with one attached hydrogen (secondary N) is 2. The molecule has 0 saturated carbocycles. The van der Waals surface area contributed by atoms with Gasteiger partial charge in [0.2, 0.25) is 5.95 Å². The van der Waals surface area contributed by atoms with Crippen molar-refractivity contribution in [1.82, 2.24) is 15.3 Å². The number of aldehydes is 1. The van der Waals surface area contributed by atoms with Crippen molar-refractivity contribution in [3.8, 4) is 0 Å². The van der Waals surface area contributed by atoms with E-state index >= 15 is 0 Å². The zero-order valence-electron chi connectivity index (χ0n) is 17.9. The summed E-state index contributed by atoms with van der Waals surface area (Å²) in [7, 11) is 0. The zero-order chi connectivity index (χ0) is 24.8. The van der Waals surface area contributed by atoms with Gasteiger partial charge in [-0.25, -0.2) is 9.78 Å². The Balaban J connectivity index is 1.73. The maximum Gasteiger partial charge on any atom is 0.326 e. The highest BCUT2D eigenvalue weighted by atomic mass is 16.4. The van der Waals surface area contributed by atoms with E-state index in [1.807, 2.05) is 0 Å². The fourth-order valence-corrected chi connectivity index (χ4v) is 3.48. The van der Waals surface area contributed by atoms with Gasteiger partial charge in [-0.3, -0.25) is 19.4 Å². The minimum atomic E-state index is -1.34. The van der Waals surface area contributed by atoms with Crippen LogP contribution in [0.25, 0.3) is 10.9 Å². The highest BCUT2D eigenvalue weighted by Gasteiger charge is 2.22. The van der Waals surface area contributed by atoms with E-state index in [0.717, 1.165) is 11.8 Å². The molecule has 0 fully saturated rings. The Labute approximate surface area is 192 Å². The number of aromatic nitrogens is 2. The molecule has 0 saturated heterocycles. The second-order valence-corrected chi connectivity index (χ2v) is 7.67. The number of carbonyl (C=O) groups excluding carboxylic acids is 2. The molecule has 2 aromatic carbocycles. The molecular weight excluding hydrogens is 444 g/mol. The third-order valence-electron chi connectivity index (χ3n) is 5.26. The highest BCUT2D eigenvalue weighted by Crippen LogP contribution is 2.22. The van der Waals surface area contributed by atoms with Crippen LogP contribution in [-0.2, 0) is 20.8 Å². The number of carboxylic acids is 2. The van der Waals surface area contributed by atoms with E-state index in [1.54, 1.807) is 30.3 Å². The summed E-state index contributed by atoms with van der Waals surface area (Å²) in [5, 5.41) is 20.6. The third-order valence-corrected chi connectivity index (χ3v) is 5.26. The summed E-state index contributed by atoms with van der Waals surface area (Å²) in [4.78, 5) is 64.7. The van der Waals surface area contributed by atoms with E-state index in [0.29, 0.717) is 22.9 Å². The number of aliphatic carboxylic acids is 2. The number of rotatable bonds is 10. The van der Waals surface area contributed by atoms with Gasteiger partial charge in [-0.2, -0.15) is 0 Å². The number of aromatic amines is 1. The SMILES string of the molecule is Nc1nc2ccc(CC(C=O)c3ccc(C(=O)N[C@@H](CCC(=O)O)C(=O)O)cc3)cc2c(=O)[nH]1. The van der Waals surface area contributed by atoms with Crippen LogP contribution < -0.4 is 16.6 Å². The van der Waals surface area contributed by atoms with Crippen LogP contribution >= 0.6 is 0 Å². The standard InChI is InChI=1S/C23H22N4O7/c24-23-26-17-6-1-12(10-16(17)21(32)27-23)9-15(11-28)13-2-4-14(5-3-13)20(31)25-18(22(33)34)7-8-19(29)30/h1-6,10-11,15,18H,7-9H2,(H,25,31)(H,29,30)(H,33,34)(H3,24,26,27,32)/t15?,18-/m0/s1. The molecule has 2 atom stereocenters. The molecule has 1 aromatic heterocycles. The monoisotopic (exact) mass is 466 g/mol. The molecule has 11 heteroatoms. The number of anilines is 1. The number of nitrogens with zero attached hydrogens (tertiary/aromatic N) is 1. The number of amides is 1. The summed E-state index contributed by atoms with van der Waals surface area (Å²) in [6.07, 6.45) is 0.405. The minimum Gasteiger partial charge on any atom is -0.481 e. The fourth-order valence-electron chi connectivity index (χ4n) is 3.48. The largest absolute Gasteiger partial charge is 0.481 e. The van der Waals surface area contributed by atoms with E-state index in [-0.39, 0.29) is 23.5 Å². The topological polar surface area (TPSA) is 193 Å². The van der Waals surface area contributed by atoms with Crippen LogP contribution in [0.3, 0.4) is 0 Å². The van der Waals surface area contributed by atoms with Crippen molar-refractivity contribution >= 4 is 41.0 Å². The van der Waals surface area contributed by atoms with Gasteiger partial charge in [0.15, 0.2) is 0 Å². The first-order valence-corrected chi connectivity index (χ1v) is 10.3. The Morgan fingerprint density at radius 3 is 2.44 bits per heavy atom. The Morgan fingerprint density at radius 2 is 1.82 bits per heavy atom. The van der Waals surface area contributed by atoms with E-state index in [1.165, 1.54) is 12.1 Å². The molecule has 34 heavy (non-hydrogen) atoms. The number of fused-ring (bicyclic) bond motifs is 1. The normalized spacial score (nSPS) is 12.6. The first-order chi connectivity index (χ1) is 16.2. The molecular formula is C23H22N4O7. The smallest absolute Gasteiger partial charge is 0.326 e. The Kier molecular flexibility index (Phi) is 7.36. The molecule has 3 rings (SSSR count). The van der Waals surface area contributed by atoms with Crippen LogP contribution in [0.15, 0.2) is 47.3 Å². The summed E-state index contributed by atoms with van der Waals surface area (Å²) < 4.78 is 0. The van der Waals surface area contributed by atoms with Crippen molar-refractivity contribution in [1.29, 1.82) is 0 Å². The summed E-state index contributed by atoms with van der Waals surface area (Å²) >= 11 is 0. The molecule has 1 heterocycles. The molecule has 0 radical (unpaired) electrons. The van der Waals surface area contributed by atoms with Gasteiger partial charge < -0.3 is 26.1 Å². The molecule has 1 amide bonds. The Morgan fingerprint density at radius 1 is 1.12 bits per heavy atom. The quantitative estimate of drug-likeness (QED) is 0.272. The van der Waals surface area contributed by atoms with Gasteiger partial charge in [-0.15, -0.1) is 0 Å². The number of carboxylic acid groups (broad SMARTS) is 2. The van der Waals surface area contributed by atoms with Crippen molar-refractivity contribution in [2.75, 3.05) is 5.73 Å². The molecule has 176 valence electrons. The van der Waals surface area contributed by atoms with Gasteiger partial charge in [0.1, 0.15) is 12.3 Å². The van der Waals surface area contributed by atoms with Gasteiger partial charge in [0.05, 0.1) is 10.9 Å². The molecule has 0 bridgehead atoms. The summed E-state index contributed by atoms with van der Waals surface area (Å²) in [6, 6.07) is 9.76. The molecule has 0 aliphatic heterocycles. The van der Waals surface area contributed by atoms with Gasteiger partial charge in [0.25, 0.3) is 11.5 Å². The van der Waals surface area contributed by atoms with E-state index < -0.39 is 36.2 Å². The lowest BCUT2D eigenvalue weighted by molar-refractivity contribution is -0.140. The average Bonchev–Trinajstić information content (AvgIpc) is 2.80. The lowest BCUT2D eigenvalue weighted by Gasteiger charge is -2.15. The first kappa shape index (κ1) is 24.1. The van der Waals surface area contributed by atoms with E-state index in [4.69, 9.17) is 10.8 Å². The lowest BCUT2D eigenvalue weighted by Crippen LogP contribution is -2.41. The number of hydrogen-bond acceptors (Lipinski definition) is 7. The number of nitrogen functional groups attached to an aromatic ring is 1. The molecule has 0 aliphatic rings. The summed E-state index contributed by atoms with van der Waals surface area (Å²) in [6.45, 7) is 0. The maximum atomic E-state index is 12.4. The van der Waals surface area contributed by atoms with Gasteiger partial charge in [0, 0.05) is 17.9 Å². The van der Waals surface area contributed by atoms with Crippen molar-refractivity contribution in [3.05, 3.63) is 69.5 Å². The van der Waals surface area contributed by atoms with E-state index in [9.17, 15) is 29.1 Å². The molecule has 0 aliphatic carbocycles. The van der Waals surface area contributed by atoms with Gasteiger partial charge in [-0.1, -0.05) is 18.2 Å². The van der Waals surface area contributed by atoms with E-state index in [2.05, 4.69) is 15.3 Å². The van der Waals surface area contributed by atoms with Crippen LogP contribution in [-0.4, -0.2) is 50.4 Å². The van der Waals surface area contributed by atoms with Crippen LogP contribution in [0.1, 0.15) is 40.2 Å². The predicted molar refractivity (Wildman–Crippen MR) is 121 cm³/mol. The maximum absolute atomic E-state index is 12.4. The fraction of sp³-hybridized carbons (Fsp3) is 0.217. The molecule has 11 nitrogen and oxygen atoms in total. The minimum absolute atomic E-state index is 0.0108. The van der Waals surface area contributed by atoms with Gasteiger partial charge >= 0.3 is 11.9 Å². The average molecular weight is 466 g/mol. The third kappa shape index (κ3) is 5.82. The second kappa shape index (κ2) is 10.4. The molecule has 0 spiro atoms. The number of nitrogens with two attached hydrogens (primary N) is 1. The Hall–Kier alpha value is -4.54. The van der Waals surface area contributed by atoms with Crippen molar-refractivity contribution in [2.45, 2.75) is 31.2 Å². The summed E-state index contributed by atoms with van der Waals surface area (Å²) in [5.41, 5.74) is 7.11. The predicted octanol–water partition coefficient (Wildman–Crippen LogP) is 1.08. The van der Waals surface area contributed by atoms with Crippen LogP contribution in [0.4, 0.5) is 5.95 Å². The van der Waals surface area contributed by atoms with Crippen molar-refractivity contribution < 1.29 is 29.4 Å². The lowest BCUT2D eigenvalue weighted by atomic mass is 9.92. The van der Waals surface area contributed by atoms with Gasteiger partial charge in [-0.05, 0) is 48.2 Å². The van der Waals surface area contributed by atoms with Crippen LogP contribution in [0.5, 0.6) is 0 Å². The second-order valence-electron chi connectivity index (χ2n) is 7.67. The molecule has 1 unspecified atom stereocenters. The number of carbonyl (C=O) groups is 4. The highest BCUT2D eigenvalue weighted by molar-refractivity contribution is 5.96. The van der Waals surface area contributed by atoms with Crippen molar-refractivity contribution in [2.24, 2.45) is 0 Å². The van der Waals surface area contributed by atoms with Crippen LogP contribution in [0.2, 0.25) is 0 Å². The zero-order valence-corrected chi connectivity index (χ0v) is 17.9. The number of benzene rings is 2. The number of H-pyrrole nitrogens is 1. The van der Waals surface area contributed by atoms with Crippen LogP contribution in [0, 0.1) is 0 Å². The van der Waals surface area contributed by atoms with Crippen molar-refractivity contribution in [3.63, 3.8) is 0 Å². The molecule has 6 N–H and O–H groups in total. The Bertz CT molecular complexity index is 1300. The number of hydrogen-bond donors (Lipinski definition) is 5. The molecule has 3 aromatic rings. The first-order valence-electron chi connectivity index (χ1n) is 10.3.